The van der Waals surface area contributed by atoms with E-state index in [1.807, 2.05) is 12.1 Å². The van der Waals surface area contributed by atoms with Crippen molar-refractivity contribution >= 4 is 5.97 Å². The summed E-state index contributed by atoms with van der Waals surface area (Å²) in [7, 11) is 0. The molecule has 3 heteroatoms. The lowest BCUT2D eigenvalue weighted by atomic mass is 10.1. The number of fused-ring (bicyclic) bond motifs is 1. The third-order valence-corrected chi connectivity index (χ3v) is 3.02. The van der Waals surface area contributed by atoms with Crippen molar-refractivity contribution in [2.45, 2.75) is 45.2 Å². The molecule has 0 amide bonds. The second-order valence-corrected chi connectivity index (χ2v) is 5.79. The summed E-state index contributed by atoms with van der Waals surface area (Å²) in [6, 6.07) is 5.88. The molecular weight excluding hydrogens is 214 g/mol. The second kappa shape index (κ2) is 4.15. The minimum absolute atomic E-state index is 0.0995. The molecule has 2 N–H and O–H groups in total. The van der Waals surface area contributed by atoms with Crippen molar-refractivity contribution in [2.75, 3.05) is 0 Å². The highest BCUT2D eigenvalue weighted by Crippen LogP contribution is 2.24. The van der Waals surface area contributed by atoms with Crippen LogP contribution in [0.2, 0.25) is 0 Å². The molecule has 1 aromatic carbocycles. The van der Waals surface area contributed by atoms with Crippen LogP contribution < -0.4 is 5.32 Å². The van der Waals surface area contributed by atoms with Crippen molar-refractivity contribution in [3.05, 3.63) is 34.9 Å². The molecule has 1 aliphatic carbocycles. The van der Waals surface area contributed by atoms with Crippen LogP contribution in [-0.2, 0) is 12.8 Å². The number of hydrogen-bond acceptors (Lipinski definition) is 2. The molecule has 0 fully saturated rings. The topological polar surface area (TPSA) is 49.3 Å². The van der Waals surface area contributed by atoms with Crippen molar-refractivity contribution in [1.29, 1.82) is 0 Å². The van der Waals surface area contributed by atoms with Gasteiger partial charge >= 0.3 is 5.97 Å². The number of rotatable bonds is 2. The summed E-state index contributed by atoms with van der Waals surface area (Å²) < 4.78 is 0. The molecule has 1 unspecified atom stereocenters. The Hall–Kier alpha value is -1.35. The van der Waals surface area contributed by atoms with E-state index in [-0.39, 0.29) is 5.54 Å². The van der Waals surface area contributed by atoms with Crippen molar-refractivity contribution in [3.8, 4) is 0 Å². The molecule has 2 rings (SSSR count). The van der Waals surface area contributed by atoms with Crippen molar-refractivity contribution in [1.82, 2.24) is 5.32 Å². The quantitative estimate of drug-likeness (QED) is 0.823. The molecule has 17 heavy (non-hydrogen) atoms. The number of benzene rings is 1. The summed E-state index contributed by atoms with van der Waals surface area (Å²) in [5.41, 5.74) is 2.94. The summed E-state index contributed by atoms with van der Waals surface area (Å²) in [5, 5.41) is 12.5. The first kappa shape index (κ1) is 12.1. The van der Waals surface area contributed by atoms with Gasteiger partial charge in [0.05, 0.1) is 5.56 Å². The highest BCUT2D eigenvalue weighted by molar-refractivity contribution is 5.88. The van der Waals surface area contributed by atoms with Crippen LogP contribution in [0.15, 0.2) is 18.2 Å². The normalized spacial score (nSPS) is 19.1. The van der Waals surface area contributed by atoms with E-state index in [1.165, 1.54) is 11.1 Å². The molecule has 3 nitrogen and oxygen atoms in total. The summed E-state index contributed by atoms with van der Waals surface area (Å²) in [4.78, 5) is 10.9. The average molecular weight is 233 g/mol. The Morgan fingerprint density at radius 2 is 1.94 bits per heavy atom. The molecule has 1 aliphatic rings. The van der Waals surface area contributed by atoms with Gasteiger partial charge in [0.2, 0.25) is 0 Å². The maximum atomic E-state index is 10.9. The van der Waals surface area contributed by atoms with Crippen LogP contribution in [0.3, 0.4) is 0 Å². The smallest absolute Gasteiger partial charge is 0.335 e. The van der Waals surface area contributed by atoms with Crippen LogP contribution in [0.4, 0.5) is 0 Å². The molecule has 0 aromatic heterocycles. The van der Waals surface area contributed by atoms with Gasteiger partial charge in [-0.15, -0.1) is 0 Å². The third kappa shape index (κ3) is 2.86. The van der Waals surface area contributed by atoms with Crippen LogP contribution in [0.5, 0.6) is 0 Å². The van der Waals surface area contributed by atoms with Gasteiger partial charge in [-0.3, -0.25) is 0 Å². The zero-order valence-electron chi connectivity index (χ0n) is 10.6. The van der Waals surface area contributed by atoms with Crippen LogP contribution in [0, 0.1) is 0 Å². The van der Waals surface area contributed by atoms with Gasteiger partial charge in [-0.25, -0.2) is 4.79 Å². The lowest BCUT2D eigenvalue weighted by molar-refractivity contribution is 0.0696. The van der Waals surface area contributed by atoms with E-state index in [4.69, 9.17) is 5.11 Å². The van der Waals surface area contributed by atoms with E-state index in [0.29, 0.717) is 11.6 Å². The Labute approximate surface area is 102 Å². The van der Waals surface area contributed by atoms with Gasteiger partial charge in [0.25, 0.3) is 0 Å². The fraction of sp³-hybridized carbons (Fsp3) is 0.500. The van der Waals surface area contributed by atoms with Crippen LogP contribution in [0.25, 0.3) is 0 Å². The number of nitrogens with one attached hydrogen (secondary N) is 1. The SMILES string of the molecule is CC(C)(C)NC1Cc2ccc(C(=O)O)cc2C1. The predicted octanol–water partition coefficient (Wildman–Crippen LogP) is 2.24. The second-order valence-electron chi connectivity index (χ2n) is 5.79. The number of hydrogen-bond donors (Lipinski definition) is 2. The zero-order chi connectivity index (χ0) is 12.6. The molecule has 0 bridgehead atoms. The van der Waals surface area contributed by atoms with E-state index < -0.39 is 5.97 Å². The van der Waals surface area contributed by atoms with Gasteiger partial charge in [-0.2, -0.15) is 0 Å². The molecule has 1 aromatic rings. The average Bonchev–Trinajstić information content (AvgIpc) is 2.54. The maximum absolute atomic E-state index is 10.9. The fourth-order valence-corrected chi connectivity index (χ4v) is 2.47. The van der Waals surface area contributed by atoms with Gasteiger partial charge in [0.1, 0.15) is 0 Å². The number of aromatic carboxylic acids is 1. The molecule has 0 aliphatic heterocycles. The minimum Gasteiger partial charge on any atom is -0.478 e. The first-order valence-electron chi connectivity index (χ1n) is 5.98. The largest absolute Gasteiger partial charge is 0.478 e. The fourth-order valence-electron chi connectivity index (χ4n) is 2.47. The monoisotopic (exact) mass is 233 g/mol. The highest BCUT2D eigenvalue weighted by atomic mass is 16.4. The van der Waals surface area contributed by atoms with Crippen LogP contribution in [0.1, 0.15) is 42.3 Å². The Bertz CT molecular complexity index is 446. The Morgan fingerprint density at radius 3 is 2.53 bits per heavy atom. The number of carboxylic acid groups (broad SMARTS) is 1. The predicted molar refractivity (Wildman–Crippen MR) is 67.5 cm³/mol. The summed E-state index contributed by atoms with van der Waals surface area (Å²) >= 11 is 0. The first-order valence-corrected chi connectivity index (χ1v) is 5.98. The Kier molecular flexibility index (Phi) is 2.96. The molecule has 1 atom stereocenters. The molecule has 0 saturated heterocycles. The Morgan fingerprint density at radius 1 is 1.29 bits per heavy atom. The van der Waals surface area contributed by atoms with Gasteiger partial charge < -0.3 is 10.4 Å². The van der Waals surface area contributed by atoms with Crippen molar-refractivity contribution in [2.24, 2.45) is 0 Å². The summed E-state index contributed by atoms with van der Waals surface area (Å²) in [6.07, 6.45) is 1.92. The molecule has 0 spiro atoms. The van der Waals surface area contributed by atoms with E-state index in [2.05, 4.69) is 26.1 Å². The zero-order valence-corrected chi connectivity index (χ0v) is 10.6. The summed E-state index contributed by atoms with van der Waals surface area (Å²) in [5.74, 6) is -0.847. The molecular formula is C14H19NO2. The van der Waals surface area contributed by atoms with Gasteiger partial charge in [0.15, 0.2) is 0 Å². The number of carboxylic acids is 1. The maximum Gasteiger partial charge on any atom is 0.335 e. The van der Waals surface area contributed by atoms with Gasteiger partial charge in [-0.05, 0) is 56.9 Å². The molecule has 92 valence electrons. The Balaban J connectivity index is 2.14. The lowest BCUT2D eigenvalue weighted by Gasteiger charge is -2.25. The van der Waals surface area contributed by atoms with E-state index in [0.717, 1.165) is 12.8 Å². The minimum atomic E-state index is -0.847. The van der Waals surface area contributed by atoms with Crippen molar-refractivity contribution < 1.29 is 9.90 Å². The first-order chi connectivity index (χ1) is 7.85. The van der Waals surface area contributed by atoms with E-state index in [1.54, 1.807) is 6.07 Å². The van der Waals surface area contributed by atoms with Gasteiger partial charge in [0, 0.05) is 11.6 Å². The van der Waals surface area contributed by atoms with E-state index >= 15 is 0 Å². The highest BCUT2D eigenvalue weighted by Gasteiger charge is 2.25. The summed E-state index contributed by atoms with van der Waals surface area (Å²) in [6.45, 7) is 6.45. The molecule has 0 saturated carbocycles. The lowest BCUT2D eigenvalue weighted by Crippen LogP contribution is -2.44. The van der Waals surface area contributed by atoms with Crippen molar-refractivity contribution in [3.63, 3.8) is 0 Å². The number of carbonyl (C=O) groups is 1. The molecule has 0 radical (unpaired) electrons. The van der Waals surface area contributed by atoms with Crippen LogP contribution in [-0.4, -0.2) is 22.7 Å². The standard InChI is InChI=1S/C14H19NO2/c1-14(2,3)15-12-7-9-4-5-10(13(16)17)6-11(9)8-12/h4-6,12,15H,7-8H2,1-3H3,(H,16,17). The van der Waals surface area contributed by atoms with Crippen LogP contribution >= 0.6 is 0 Å². The third-order valence-electron chi connectivity index (χ3n) is 3.02. The van der Waals surface area contributed by atoms with E-state index in [9.17, 15) is 4.79 Å². The van der Waals surface area contributed by atoms with Gasteiger partial charge in [-0.1, -0.05) is 6.07 Å². The molecule has 0 heterocycles.